The van der Waals surface area contributed by atoms with Gasteiger partial charge in [0.1, 0.15) is 29.7 Å². The van der Waals surface area contributed by atoms with Gasteiger partial charge in [0.2, 0.25) is 0 Å². The Balaban J connectivity index is 1.23. The fourth-order valence-corrected chi connectivity index (χ4v) is 4.33. The molecule has 2 N–H and O–H groups in total. The van der Waals surface area contributed by atoms with Crippen LogP contribution < -0.4 is 15.4 Å². The summed E-state index contributed by atoms with van der Waals surface area (Å²) < 4.78 is 7.76. The third-order valence-corrected chi connectivity index (χ3v) is 6.37. The minimum atomic E-state index is -0.112. The molecule has 38 heavy (non-hydrogen) atoms. The van der Waals surface area contributed by atoms with Crippen molar-refractivity contribution < 1.29 is 9.53 Å². The number of carbonyl (C=O) groups excluding carboxylic acids is 1. The molecule has 1 aromatic carbocycles. The van der Waals surface area contributed by atoms with E-state index in [1.165, 1.54) is 12.7 Å². The van der Waals surface area contributed by atoms with Gasteiger partial charge >= 0.3 is 0 Å². The second kappa shape index (κ2) is 9.87. The molecule has 11 heteroatoms. The zero-order valence-electron chi connectivity index (χ0n) is 20.8. The van der Waals surface area contributed by atoms with Gasteiger partial charge < -0.3 is 20.3 Å². The summed E-state index contributed by atoms with van der Waals surface area (Å²) >= 11 is 0. The summed E-state index contributed by atoms with van der Waals surface area (Å²) in [6.45, 7) is 8.84. The van der Waals surface area contributed by atoms with Crippen LogP contribution in [0.25, 0.3) is 22.3 Å². The fraction of sp³-hybridized carbons (Fsp3) is 0.185. The molecular formula is C27H25N9O2. The Morgan fingerprint density at radius 3 is 2.76 bits per heavy atom. The zero-order chi connectivity index (χ0) is 26.1. The predicted molar refractivity (Wildman–Crippen MR) is 143 cm³/mol. The minimum absolute atomic E-state index is 0.112. The first-order chi connectivity index (χ1) is 18.5. The molecule has 0 saturated carbocycles. The van der Waals surface area contributed by atoms with Gasteiger partial charge in [-0.3, -0.25) is 4.79 Å². The van der Waals surface area contributed by atoms with Gasteiger partial charge in [-0.25, -0.2) is 24.5 Å². The highest BCUT2D eigenvalue weighted by Gasteiger charge is 2.21. The summed E-state index contributed by atoms with van der Waals surface area (Å²) in [6, 6.07) is 13.0. The number of ether oxygens (including phenoxy) is 1. The van der Waals surface area contributed by atoms with Crippen LogP contribution in [0.3, 0.4) is 0 Å². The Kier molecular flexibility index (Phi) is 6.10. The van der Waals surface area contributed by atoms with Gasteiger partial charge in [-0.1, -0.05) is 6.58 Å². The summed E-state index contributed by atoms with van der Waals surface area (Å²) in [5.41, 5.74) is 4.52. The van der Waals surface area contributed by atoms with E-state index in [0.29, 0.717) is 52.6 Å². The second-order valence-corrected chi connectivity index (χ2v) is 8.94. The number of benzene rings is 1. The molecule has 0 bridgehead atoms. The van der Waals surface area contributed by atoms with E-state index in [1.54, 1.807) is 21.7 Å². The SMILES string of the molecule is C=C(C(=O)N1CCNCC1)c1ccc2ncnc(Nc3ccc(Oc4ccn5ncnc5c4)c(C)c3)c2n1. The molecule has 0 spiro atoms. The summed E-state index contributed by atoms with van der Waals surface area (Å²) in [6.07, 6.45) is 4.79. The van der Waals surface area contributed by atoms with Crippen LogP contribution in [0, 0.1) is 6.92 Å². The van der Waals surface area contributed by atoms with E-state index in [4.69, 9.17) is 9.72 Å². The number of aryl methyl sites for hydroxylation is 1. The average molecular weight is 508 g/mol. The first-order valence-corrected chi connectivity index (χ1v) is 12.2. The molecule has 1 saturated heterocycles. The third-order valence-electron chi connectivity index (χ3n) is 6.37. The maximum atomic E-state index is 13.0. The number of aromatic nitrogens is 6. The molecule has 1 aliphatic rings. The number of piperazine rings is 1. The van der Waals surface area contributed by atoms with Crippen molar-refractivity contribution in [3.8, 4) is 11.5 Å². The maximum Gasteiger partial charge on any atom is 0.255 e. The standard InChI is InChI=1S/C27H25N9O2/c1-17-13-19(3-6-23(17)38-20-7-10-36-24(14-20)30-16-32-36)33-26-25-22(29-15-31-26)5-4-21(34-25)18(2)27(37)35-11-8-28-9-12-35/h3-7,10,13-16,28H,2,8-9,11-12H2,1H3,(H,29,31,33). The number of hydrogen-bond acceptors (Lipinski definition) is 9. The number of anilines is 2. The number of fused-ring (bicyclic) bond motifs is 2. The summed E-state index contributed by atoms with van der Waals surface area (Å²) in [4.78, 5) is 32.4. The molecule has 1 fully saturated rings. The Morgan fingerprint density at radius 1 is 1.05 bits per heavy atom. The number of hydrogen-bond donors (Lipinski definition) is 2. The topological polar surface area (TPSA) is 122 Å². The molecule has 0 aliphatic carbocycles. The number of nitrogens with one attached hydrogen (secondary N) is 2. The number of rotatable bonds is 6. The number of carbonyl (C=O) groups is 1. The Labute approximate surface area is 218 Å². The van der Waals surface area contributed by atoms with Crippen LogP contribution in [-0.2, 0) is 4.79 Å². The van der Waals surface area contributed by atoms with Gasteiger partial charge in [0.25, 0.3) is 5.91 Å². The van der Waals surface area contributed by atoms with E-state index in [9.17, 15) is 4.79 Å². The first-order valence-electron chi connectivity index (χ1n) is 12.2. The Morgan fingerprint density at radius 2 is 1.92 bits per heavy atom. The van der Waals surface area contributed by atoms with E-state index in [0.717, 1.165) is 30.1 Å². The van der Waals surface area contributed by atoms with Crippen LogP contribution in [-0.4, -0.2) is 66.5 Å². The third kappa shape index (κ3) is 4.62. The predicted octanol–water partition coefficient (Wildman–Crippen LogP) is 3.36. The van der Waals surface area contributed by atoms with Crippen molar-refractivity contribution >= 4 is 39.7 Å². The largest absolute Gasteiger partial charge is 0.457 e. The molecule has 0 atom stereocenters. The van der Waals surface area contributed by atoms with E-state index in [2.05, 4.69) is 37.3 Å². The van der Waals surface area contributed by atoms with Crippen LogP contribution in [0.2, 0.25) is 0 Å². The van der Waals surface area contributed by atoms with Crippen LogP contribution in [0.4, 0.5) is 11.5 Å². The molecule has 1 aliphatic heterocycles. The lowest BCUT2D eigenvalue weighted by Crippen LogP contribution is -2.46. The molecule has 0 radical (unpaired) electrons. The van der Waals surface area contributed by atoms with Gasteiger partial charge in [-0.15, -0.1) is 0 Å². The summed E-state index contributed by atoms with van der Waals surface area (Å²) in [5.74, 6) is 1.81. The molecule has 190 valence electrons. The normalized spacial score (nSPS) is 13.6. The quantitative estimate of drug-likeness (QED) is 0.333. The molecule has 1 amide bonds. The van der Waals surface area contributed by atoms with Gasteiger partial charge in [0.05, 0.1) is 16.8 Å². The summed E-state index contributed by atoms with van der Waals surface area (Å²) in [5, 5.41) is 10.7. The van der Waals surface area contributed by atoms with Gasteiger partial charge in [0.15, 0.2) is 11.5 Å². The van der Waals surface area contributed by atoms with E-state index >= 15 is 0 Å². The minimum Gasteiger partial charge on any atom is -0.457 e. The van der Waals surface area contributed by atoms with Gasteiger partial charge in [-0.2, -0.15) is 5.10 Å². The van der Waals surface area contributed by atoms with Crippen LogP contribution in [0.15, 0.2) is 67.9 Å². The molecule has 0 unspecified atom stereocenters. The van der Waals surface area contributed by atoms with Crippen molar-refractivity contribution in [2.75, 3.05) is 31.5 Å². The van der Waals surface area contributed by atoms with Gasteiger partial charge in [0, 0.05) is 44.1 Å². The van der Waals surface area contributed by atoms with E-state index in [1.807, 2.05) is 43.3 Å². The lowest BCUT2D eigenvalue weighted by molar-refractivity contribution is -0.125. The van der Waals surface area contributed by atoms with Gasteiger partial charge in [-0.05, 0) is 48.9 Å². The van der Waals surface area contributed by atoms with Crippen molar-refractivity contribution in [3.63, 3.8) is 0 Å². The monoisotopic (exact) mass is 507 g/mol. The first kappa shape index (κ1) is 23.5. The Bertz CT molecular complexity index is 1670. The number of pyridine rings is 2. The highest BCUT2D eigenvalue weighted by atomic mass is 16.5. The number of amides is 1. The molecule has 4 aromatic heterocycles. The number of nitrogens with zero attached hydrogens (tertiary/aromatic N) is 7. The molecule has 5 aromatic rings. The van der Waals surface area contributed by atoms with Crippen molar-refractivity contribution in [1.29, 1.82) is 0 Å². The van der Waals surface area contributed by atoms with Crippen LogP contribution in [0.5, 0.6) is 11.5 Å². The zero-order valence-corrected chi connectivity index (χ0v) is 20.8. The van der Waals surface area contributed by atoms with E-state index in [-0.39, 0.29) is 5.91 Å². The molecule has 6 rings (SSSR count). The average Bonchev–Trinajstić information content (AvgIpc) is 3.42. The van der Waals surface area contributed by atoms with Crippen LogP contribution >= 0.6 is 0 Å². The highest BCUT2D eigenvalue weighted by molar-refractivity contribution is 6.18. The van der Waals surface area contributed by atoms with Crippen molar-refractivity contribution in [2.24, 2.45) is 0 Å². The molecular weight excluding hydrogens is 482 g/mol. The highest BCUT2D eigenvalue weighted by Crippen LogP contribution is 2.30. The summed E-state index contributed by atoms with van der Waals surface area (Å²) in [7, 11) is 0. The molecule has 5 heterocycles. The lowest BCUT2D eigenvalue weighted by atomic mass is 10.1. The maximum absolute atomic E-state index is 13.0. The van der Waals surface area contributed by atoms with Crippen molar-refractivity contribution in [1.82, 2.24) is 39.8 Å². The van der Waals surface area contributed by atoms with E-state index < -0.39 is 0 Å². The van der Waals surface area contributed by atoms with Crippen molar-refractivity contribution in [3.05, 3.63) is 79.2 Å². The van der Waals surface area contributed by atoms with Crippen LogP contribution in [0.1, 0.15) is 11.3 Å². The lowest BCUT2D eigenvalue weighted by Gasteiger charge is -2.28. The fourth-order valence-electron chi connectivity index (χ4n) is 4.33. The Hall–Kier alpha value is -4.90. The smallest absolute Gasteiger partial charge is 0.255 e. The molecule has 11 nitrogen and oxygen atoms in total. The van der Waals surface area contributed by atoms with Crippen molar-refractivity contribution in [2.45, 2.75) is 6.92 Å². The second-order valence-electron chi connectivity index (χ2n) is 8.94.